The highest BCUT2D eigenvalue weighted by molar-refractivity contribution is 7.13. The monoisotopic (exact) mass is 285 g/mol. The first-order valence-corrected chi connectivity index (χ1v) is 6.02. The first kappa shape index (κ1) is 13.4. The second kappa shape index (κ2) is 5.31. The molecule has 100 valence electrons. The van der Waals surface area contributed by atoms with Crippen molar-refractivity contribution in [1.82, 2.24) is 4.98 Å². The third-order valence-electron chi connectivity index (χ3n) is 2.36. The van der Waals surface area contributed by atoms with Crippen molar-refractivity contribution in [2.45, 2.75) is 0 Å². The molecule has 0 spiro atoms. The summed E-state index contributed by atoms with van der Waals surface area (Å²) in [4.78, 5) is 15.1. The van der Waals surface area contributed by atoms with Crippen molar-refractivity contribution in [3.05, 3.63) is 34.8 Å². The highest BCUT2D eigenvalue weighted by Gasteiger charge is 2.19. The van der Waals surface area contributed by atoms with Gasteiger partial charge in [0.1, 0.15) is 22.4 Å². The average molecular weight is 285 g/mol. The van der Waals surface area contributed by atoms with E-state index in [2.05, 4.69) is 9.72 Å². The minimum Gasteiger partial charge on any atom is -0.497 e. The molecule has 0 amide bonds. The Kier molecular flexibility index (Phi) is 3.75. The molecule has 19 heavy (non-hydrogen) atoms. The third-order valence-corrected chi connectivity index (χ3v) is 3.22. The quantitative estimate of drug-likeness (QED) is 0.814. The minimum absolute atomic E-state index is 0.0112. The fourth-order valence-corrected chi connectivity index (χ4v) is 2.30. The molecule has 2 aromatic rings. The molecule has 7 heteroatoms. The van der Waals surface area contributed by atoms with E-state index < -0.39 is 17.6 Å². The van der Waals surface area contributed by atoms with Crippen molar-refractivity contribution in [2.75, 3.05) is 14.2 Å². The number of carbonyl (C=O) groups is 1. The van der Waals surface area contributed by atoms with Crippen molar-refractivity contribution in [3.8, 4) is 16.3 Å². The van der Waals surface area contributed by atoms with Gasteiger partial charge in [-0.1, -0.05) is 0 Å². The van der Waals surface area contributed by atoms with Crippen LogP contribution in [0, 0.1) is 11.6 Å². The van der Waals surface area contributed by atoms with Gasteiger partial charge in [0.25, 0.3) is 0 Å². The summed E-state index contributed by atoms with van der Waals surface area (Å²) in [6, 6.07) is 2.11. The molecular formula is C12H9F2NO3S. The molecule has 1 aromatic heterocycles. The van der Waals surface area contributed by atoms with Crippen LogP contribution in [0.15, 0.2) is 17.5 Å². The van der Waals surface area contributed by atoms with Crippen LogP contribution in [0.5, 0.6) is 5.75 Å². The van der Waals surface area contributed by atoms with E-state index in [0.717, 1.165) is 23.5 Å². The molecule has 2 rings (SSSR count). The summed E-state index contributed by atoms with van der Waals surface area (Å²) in [5.74, 6) is -2.19. The topological polar surface area (TPSA) is 48.4 Å². The molecule has 0 saturated heterocycles. The molecule has 0 saturated carbocycles. The molecule has 0 aliphatic carbocycles. The lowest BCUT2D eigenvalue weighted by Gasteiger charge is -2.04. The summed E-state index contributed by atoms with van der Waals surface area (Å²) >= 11 is 0.955. The van der Waals surface area contributed by atoms with E-state index in [1.165, 1.54) is 19.6 Å². The number of nitrogens with zero attached hydrogens (tertiary/aromatic N) is 1. The van der Waals surface area contributed by atoms with Crippen LogP contribution in [0.3, 0.4) is 0 Å². The van der Waals surface area contributed by atoms with E-state index in [9.17, 15) is 13.6 Å². The van der Waals surface area contributed by atoms with Gasteiger partial charge in [0.15, 0.2) is 5.69 Å². The lowest BCUT2D eigenvalue weighted by atomic mass is 10.2. The van der Waals surface area contributed by atoms with Crippen LogP contribution in [0.1, 0.15) is 10.5 Å². The molecule has 0 atom stereocenters. The van der Waals surface area contributed by atoms with Gasteiger partial charge in [0, 0.05) is 17.5 Å². The average Bonchev–Trinajstić information content (AvgIpc) is 2.86. The normalized spacial score (nSPS) is 10.3. The zero-order chi connectivity index (χ0) is 14.0. The summed E-state index contributed by atoms with van der Waals surface area (Å²) in [7, 11) is 2.52. The van der Waals surface area contributed by atoms with Crippen molar-refractivity contribution < 1.29 is 23.0 Å². The van der Waals surface area contributed by atoms with Crippen LogP contribution < -0.4 is 4.74 Å². The number of rotatable bonds is 3. The van der Waals surface area contributed by atoms with E-state index in [4.69, 9.17) is 4.74 Å². The van der Waals surface area contributed by atoms with E-state index in [1.807, 2.05) is 0 Å². The fourth-order valence-electron chi connectivity index (χ4n) is 1.46. The van der Waals surface area contributed by atoms with Gasteiger partial charge < -0.3 is 9.47 Å². The summed E-state index contributed by atoms with van der Waals surface area (Å²) in [5.41, 5.74) is -0.280. The summed E-state index contributed by atoms with van der Waals surface area (Å²) in [6.07, 6.45) is 0. The van der Waals surface area contributed by atoms with Crippen LogP contribution in [0.2, 0.25) is 0 Å². The Hall–Kier alpha value is -2.02. The SMILES string of the molecule is COC(=O)c1csc(-c2c(F)cc(OC)cc2F)n1. The Bertz CT molecular complexity index is 604. The van der Waals surface area contributed by atoms with Crippen LogP contribution in [0.25, 0.3) is 10.6 Å². The Morgan fingerprint density at radius 3 is 2.42 bits per heavy atom. The van der Waals surface area contributed by atoms with Gasteiger partial charge in [-0.25, -0.2) is 18.6 Å². The highest BCUT2D eigenvalue weighted by atomic mass is 32.1. The number of hydrogen-bond acceptors (Lipinski definition) is 5. The first-order chi connectivity index (χ1) is 9.06. The Morgan fingerprint density at radius 2 is 1.89 bits per heavy atom. The van der Waals surface area contributed by atoms with Gasteiger partial charge in [0.2, 0.25) is 0 Å². The predicted octanol–water partition coefficient (Wildman–Crippen LogP) is 2.88. The van der Waals surface area contributed by atoms with Crippen molar-refractivity contribution >= 4 is 17.3 Å². The molecule has 0 radical (unpaired) electrons. The van der Waals surface area contributed by atoms with Crippen LogP contribution in [-0.2, 0) is 4.74 Å². The van der Waals surface area contributed by atoms with Gasteiger partial charge in [-0.2, -0.15) is 0 Å². The maximum absolute atomic E-state index is 13.8. The van der Waals surface area contributed by atoms with Crippen molar-refractivity contribution in [1.29, 1.82) is 0 Å². The number of thiazole rings is 1. The van der Waals surface area contributed by atoms with Gasteiger partial charge >= 0.3 is 5.97 Å². The van der Waals surface area contributed by atoms with Crippen LogP contribution in [-0.4, -0.2) is 25.2 Å². The maximum atomic E-state index is 13.8. The third kappa shape index (κ3) is 2.55. The second-order valence-electron chi connectivity index (χ2n) is 3.50. The summed E-state index contributed by atoms with van der Waals surface area (Å²) in [6.45, 7) is 0. The largest absolute Gasteiger partial charge is 0.497 e. The van der Waals surface area contributed by atoms with Gasteiger partial charge in [0.05, 0.1) is 19.8 Å². The molecule has 0 bridgehead atoms. The standard InChI is InChI=1S/C12H9F2NO3S/c1-17-6-3-7(13)10(8(14)4-6)11-15-9(5-19-11)12(16)18-2/h3-5H,1-2H3. The fraction of sp³-hybridized carbons (Fsp3) is 0.167. The Labute approximate surface area is 111 Å². The molecule has 1 aromatic carbocycles. The molecule has 0 unspecified atom stereocenters. The smallest absolute Gasteiger partial charge is 0.357 e. The van der Waals surface area contributed by atoms with Crippen LogP contribution in [0.4, 0.5) is 8.78 Å². The maximum Gasteiger partial charge on any atom is 0.357 e. The molecule has 0 aliphatic heterocycles. The zero-order valence-corrected chi connectivity index (χ0v) is 10.9. The number of carbonyl (C=O) groups excluding carboxylic acids is 1. The Balaban J connectivity index is 2.47. The number of benzene rings is 1. The van der Waals surface area contributed by atoms with E-state index in [1.54, 1.807) is 0 Å². The van der Waals surface area contributed by atoms with Gasteiger partial charge in [-0.3, -0.25) is 0 Å². The summed E-state index contributed by atoms with van der Waals surface area (Å²) in [5, 5.41) is 1.45. The second-order valence-corrected chi connectivity index (χ2v) is 4.35. The van der Waals surface area contributed by atoms with E-state index in [-0.39, 0.29) is 22.0 Å². The number of ether oxygens (including phenoxy) is 2. The lowest BCUT2D eigenvalue weighted by molar-refractivity contribution is 0.0595. The number of methoxy groups -OCH3 is 2. The molecular weight excluding hydrogens is 276 g/mol. The predicted molar refractivity (Wildman–Crippen MR) is 65.4 cm³/mol. The Morgan fingerprint density at radius 1 is 1.26 bits per heavy atom. The summed E-state index contributed by atoms with van der Waals surface area (Å²) < 4.78 is 36.8. The minimum atomic E-state index is -0.803. The molecule has 0 N–H and O–H groups in total. The van der Waals surface area contributed by atoms with Crippen molar-refractivity contribution in [2.24, 2.45) is 0 Å². The van der Waals surface area contributed by atoms with Gasteiger partial charge in [-0.05, 0) is 0 Å². The zero-order valence-electron chi connectivity index (χ0n) is 10.1. The molecule has 0 fully saturated rings. The molecule has 0 aliphatic rings. The highest BCUT2D eigenvalue weighted by Crippen LogP contribution is 2.31. The van der Waals surface area contributed by atoms with E-state index in [0.29, 0.717) is 0 Å². The molecule has 4 nitrogen and oxygen atoms in total. The number of halogens is 2. The van der Waals surface area contributed by atoms with Crippen molar-refractivity contribution in [3.63, 3.8) is 0 Å². The van der Waals surface area contributed by atoms with Crippen LogP contribution >= 0.6 is 11.3 Å². The number of hydrogen-bond donors (Lipinski definition) is 0. The molecule has 1 heterocycles. The lowest BCUT2D eigenvalue weighted by Crippen LogP contribution is -2.01. The number of esters is 1. The first-order valence-electron chi connectivity index (χ1n) is 5.14. The van der Waals surface area contributed by atoms with E-state index >= 15 is 0 Å². The number of aromatic nitrogens is 1. The van der Waals surface area contributed by atoms with Gasteiger partial charge in [-0.15, -0.1) is 11.3 Å².